The Kier molecular flexibility index (Phi) is 5.02. The highest BCUT2D eigenvalue weighted by Crippen LogP contribution is 2.15. The predicted octanol–water partition coefficient (Wildman–Crippen LogP) is 2.78. The van der Waals surface area contributed by atoms with Gasteiger partial charge in [-0.15, -0.1) is 0 Å². The summed E-state index contributed by atoms with van der Waals surface area (Å²) in [4.78, 5) is 29.3. The minimum Gasteiger partial charge on any atom is -0.497 e. The fraction of sp³-hybridized carbons (Fsp3) is 0.250. The Morgan fingerprint density at radius 2 is 1.92 bits per heavy atom. The number of hydrogen-bond donors (Lipinski definition) is 1. The number of ether oxygens (including phenoxy) is 1. The minimum atomic E-state index is -0.186. The number of hydrogen-bond acceptors (Lipinski definition) is 4. The SMILES string of the molecule is COc1ccc(-n2cnc3cc(C(=O)NCC(C)C)ccc3c2=O)cc1. The molecule has 0 bridgehead atoms. The molecule has 0 aliphatic rings. The molecule has 0 radical (unpaired) electrons. The Bertz CT molecular complexity index is 991. The first kappa shape index (κ1) is 17.7. The van der Waals surface area contributed by atoms with Crippen molar-refractivity contribution in [1.29, 1.82) is 0 Å². The molecule has 0 spiro atoms. The van der Waals surface area contributed by atoms with Gasteiger partial charge in [0, 0.05) is 12.1 Å². The summed E-state index contributed by atoms with van der Waals surface area (Å²) in [5, 5.41) is 3.33. The third-order valence-electron chi connectivity index (χ3n) is 4.04. The summed E-state index contributed by atoms with van der Waals surface area (Å²) in [7, 11) is 1.59. The van der Waals surface area contributed by atoms with Crippen LogP contribution < -0.4 is 15.6 Å². The highest BCUT2D eigenvalue weighted by atomic mass is 16.5. The number of carbonyl (C=O) groups is 1. The Morgan fingerprint density at radius 3 is 2.58 bits per heavy atom. The smallest absolute Gasteiger partial charge is 0.265 e. The number of nitrogens with one attached hydrogen (secondary N) is 1. The van der Waals surface area contributed by atoms with E-state index in [1.165, 1.54) is 10.9 Å². The molecule has 1 amide bonds. The van der Waals surface area contributed by atoms with Gasteiger partial charge in [-0.1, -0.05) is 13.8 Å². The zero-order chi connectivity index (χ0) is 18.7. The molecule has 0 atom stereocenters. The summed E-state index contributed by atoms with van der Waals surface area (Å²) >= 11 is 0. The van der Waals surface area contributed by atoms with Crippen LogP contribution in [-0.2, 0) is 0 Å². The summed E-state index contributed by atoms with van der Waals surface area (Å²) in [6.07, 6.45) is 1.47. The molecule has 6 nitrogen and oxygen atoms in total. The van der Waals surface area contributed by atoms with Crippen LogP contribution in [0.5, 0.6) is 5.75 Å². The number of aromatic nitrogens is 2. The van der Waals surface area contributed by atoms with Gasteiger partial charge in [-0.3, -0.25) is 14.2 Å². The van der Waals surface area contributed by atoms with Crippen LogP contribution in [0.25, 0.3) is 16.6 Å². The molecule has 1 heterocycles. The van der Waals surface area contributed by atoms with Crippen LogP contribution in [0.1, 0.15) is 24.2 Å². The molecule has 1 N–H and O–H groups in total. The molecular formula is C20H21N3O3. The Balaban J connectivity index is 1.95. The Hall–Kier alpha value is -3.15. The van der Waals surface area contributed by atoms with E-state index in [4.69, 9.17) is 4.74 Å². The second-order valence-electron chi connectivity index (χ2n) is 6.45. The molecule has 0 aliphatic heterocycles. The van der Waals surface area contributed by atoms with E-state index in [-0.39, 0.29) is 11.5 Å². The van der Waals surface area contributed by atoms with Crippen molar-refractivity contribution in [2.45, 2.75) is 13.8 Å². The molecule has 3 aromatic rings. The van der Waals surface area contributed by atoms with Crippen LogP contribution in [0.4, 0.5) is 0 Å². The fourth-order valence-corrected chi connectivity index (χ4v) is 2.59. The van der Waals surface area contributed by atoms with Crippen molar-refractivity contribution in [2.24, 2.45) is 5.92 Å². The van der Waals surface area contributed by atoms with E-state index in [0.29, 0.717) is 40.4 Å². The van der Waals surface area contributed by atoms with Gasteiger partial charge in [0.15, 0.2) is 0 Å². The van der Waals surface area contributed by atoms with Crippen molar-refractivity contribution >= 4 is 16.8 Å². The lowest BCUT2D eigenvalue weighted by Gasteiger charge is -2.10. The first-order valence-electron chi connectivity index (χ1n) is 8.43. The number of fused-ring (bicyclic) bond motifs is 1. The minimum absolute atomic E-state index is 0.165. The molecule has 0 saturated heterocycles. The standard InChI is InChI=1S/C20H21N3O3/c1-13(2)11-21-19(24)14-4-9-17-18(10-14)22-12-23(20(17)25)15-5-7-16(26-3)8-6-15/h4-10,12-13H,11H2,1-3H3,(H,21,24). The van der Waals surface area contributed by atoms with Gasteiger partial charge in [-0.25, -0.2) is 4.98 Å². The van der Waals surface area contributed by atoms with Gasteiger partial charge in [0.2, 0.25) is 0 Å². The maximum atomic E-state index is 12.8. The highest BCUT2D eigenvalue weighted by molar-refractivity contribution is 5.97. The van der Waals surface area contributed by atoms with Gasteiger partial charge in [-0.05, 0) is 48.4 Å². The van der Waals surface area contributed by atoms with Crippen molar-refractivity contribution in [3.63, 3.8) is 0 Å². The molecule has 2 aromatic carbocycles. The topological polar surface area (TPSA) is 73.2 Å². The zero-order valence-corrected chi connectivity index (χ0v) is 15.0. The quantitative estimate of drug-likeness (QED) is 0.767. The second kappa shape index (κ2) is 7.39. The summed E-state index contributed by atoms with van der Waals surface area (Å²) in [5.41, 5.74) is 1.50. The van der Waals surface area contributed by atoms with Gasteiger partial charge in [0.25, 0.3) is 11.5 Å². The first-order chi connectivity index (χ1) is 12.5. The second-order valence-corrected chi connectivity index (χ2v) is 6.45. The van der Waals surface area contributed by atoms with Gasteiger partial charge in [0.05, 0.1) is 23.7 Å². The summed E-state index contributed by atoms with van der Waals surface area (Å²) in [5.74, 6) is 0.920. The molecule has 3 rings (SSSR count). The third-order valence-corrected chi connectivity index (χ3v) is 4.04. The highest BCUT2D eigenvalue weighted by Gasteiger charge is 2.11. The molecule has 26 heavy (non-hydrogen) atoms. The van der Waals surface area contributed by atoms with Crippen LogP contribution in [0.15, 0.2) is 53.6 Å². The van der Waals surface area contributed by atoms with E-state index < -0.39 is 0 Å². The number of nitrogens with zero attached hydrogens (tertiary/aromatic N) is 2. The van der Waals surface area contributed by atoms with Gasteiger partial charge < -0.3 is 10.1 Å². The third kappa shape index (κ3) is 3.59. The number of rotatable bonds is 5. The number of amides is 1. The van der Waals surface area contributed by atoms with Crippen molar-refractivity contribution < 1.29 is 9.53 Å². The van der Waals surface area contributed by atoms with Crippen molar-refractivity contribution in [3.05, 3.63) is 64.7 Å². The van der Waals surface area contributed by atoms with Crippen molar-refractivity contribution in [1.82, 2.24) is 14.9 Å². The largest absolute Gasteiger partial charge is 0.497 e. The van der Waals surface area contributed by atoms with E-state index in [2.05, 4.69) is 10.3 Å². The maximum Gasteiger partial charge on any atom is 0.265 e. The van der Waals surface area contributed by atoms with Crippen molar-refractivity contribution in [2.75, 3.05) is 13.7 Å². The van der Waals surface area contributed by atoms with Gasteiger partial charge in [-0.2, -0.15) is 0 Å². The molecule has 1 aromatic heterocycles. The average molecular weight is 351 g/mol. The molecule has 6 heteroatoms. The molecular weight excluding hydrogens is 330 g/mol. The maximum absolute atomic E-state index is 12.8. The monoisotopic (exact) mass is 351 g/mol. The molecule has 0 unspecified atom stereocenters. The van der Waals surface area contributed by atoms with E-state index >= 15 is 0 Å². The van der Waals surface area contributed by atoms with Crippen LogP contribution in [0.3, 0.4) is 0 Å². The average Bonchev–Trinajstić information content (AvgIpc) is 2.66. The number of carbonyl (C=O) groups excluding carboxylic acids is 1. The lowest BCUT2D eigenvalue weighted by atomic mass is 10.1. The van der Waals surface area contributed by atoms with Gasteiger partial charge >= 0.3 is 0 Å². The fourth-order valence-electron chi connectivity index (χ4n) is 2.59. The summed E-state index contributed by atoms with van der Waals surface area (Å²) in [6.45, 7) is 4.66. The van der Waals surface area contributed by atoms with Crippen LogP contribution in [0, 0.1) is 5.92 Å². The van der Waals surface area contributed by atoms with Crippen LogP contribution in [0.2, 0.25) is 0 Å². The molecule has 0 saturated carbocycles. The van der Waals surface area contributed by atoms with Crippen LogP contribution >= 0.6 is 0 Å². The van der Waals surface area contributed by atoms with E-state index in [1.54, 1.807) is 49.6 Å². The van der Waals surface area contributed by atoms with Crippen LogP contribution in [-0.4, -0.2) is 29.1 Å². The number of methoxy groups -OCH3 is 1. The number of benzene rings is 2. The first-order valence-corrected chi connectivity index (χ1v) is 8.43. The zero-order valence-electron chi connectivity index (χ0n) is 15.0. The van der Waals surface area contributed by atoms with Gasteiger partial charge in [0.1, 0.15) is 12.1 Å². The molecule has 0 fully saturated rings. The summed E-state index contributed by atoms with van der Waals surface area (Å²) < 4.78 is 6.61. The Morgan fingerprint density at radius 1 is 1.19 bits per heavy atom. The lowest BCUT2D eigenvalue weighted by molar-refractivity contribution is 0.0949. The van der Waals surface area contributed by atoms with E-state index in [0.717, 1.165) is 0 Å². The van der Waals surface area contributed by atoms with E-state index in [9.17, 15) is 9.59 Å². The predicted molar refractivity (Wildman–Crippen MR) is 101 cm³/mol. The van der Waals surface area contributed by atoms with E-state index in [1.807, 2.05) is 13.8 Å². The lowest BCUT2D eigenvalue weighted by Crippen LogP contribution is -2.27. The Labute approximate surface area is 151 Å². The van der Waals surface area contributed by atoms with Crippen molar-refractivity contribution in [3.8, 4) is 11.4 Å². The molecule has 134 valence electrons. The normalized spacial score (nSPS) is 10.9. The molecule has 0 aliphatic carbocycles. The summed E-state index contributed by atoms with van der Waals surface area (Å²) in [6, 6.07) is 12.1.